The fraction of sp³-hybridized carbons (Fsp3) is 0.154. The normalized spacial score (nSPS) is 12.4. The van der Waals surface area contributed by atoms with E-state index in [1.54, 1.807) is 37.5 Å². The molecule has 0 aliphatic rings. The first-order valence-corrected chi connectivity index (χ1v) is 5.30. The molecule has 17 heavy (non-hydrogen) atoms. The maximum absolute atomic E-state index is 13.2. The summed E-state index contributed by atoms with van der Waals surface area (Å²) >= 11 is 0. The highest BCUT2D eigenvalue weighted by molar-refractivity contribution is 5.49. The molecular weight excluding hydrogens is 217 g/mol. The zero-order chi connectivity index (χ0) is 12.4. The minimum atomic E-state index is -0.386. The minimum absolute atomic E-state index is 0.236. The van der Waals surface area contributed by atoms with Crippen LogP contribution in [0, 0.1) is 12.7 Å². The van der Waals surface area contributed by atoms with E-state index in [0.29, 0.717) is 11.3 Å². The van der Waals surface area contributed by atoms with Gasteiger partial charge >= 0.3 is 0 Å². The summed E-state index contributed by atoms with van der Waals surface area (Å²) in [6.45, 7) is 1.71. The lowest BCUT2D eigenvalue weighted by Gasteiger charge is -2.15. The molecule has 0 spiro atoms. The molecule has 0 amide bonds. The highest BCUT2D eigenvalue weighted by atomic mass is 19.1. The summed E-state index contributed by atoms with van der Waals surface area (Å²) in [6, 6.07) is 6.12. The van der Waals surface area contributed by atoms with Gasteiger partial charge in [0.05, 0.1) is 6.04 Å². The van der Waals surface area contributed by atoms with Gasteiger partial charge in [0.2, 0.25) is 0 Å². The van der Waals surface area contributed by atoms with E-state index < -0.39 is 0 Å². The van der Waals surface area contributed by atoms with Gasteiger partial charge in [-0.15, -0.1) is 0 Å². The number of aryl methyl sites for hydroxylation is 1. The number of nitrogens with two attached hydrogens (primary N) is 2. The molecule has 0 radical (unpaired) electrons. The van der Waals surface area contributed by atoms with Crippen LogP contribution in [0.25, 0.3) is 0 Å². The van der Waals surface area contributed by atoms with Crippen LogP contribution >= 0.6 is 0 Å². The zero-order valence-electron chi connectivity index (χ0n) is 9.52. The van der Waals surface area contributed by atoms with Crippen molar-refractivity contribution in [3.8, 4) is 0 Å². The van der Waals surface area contributed by atoms with Crippen LogP contribution < -0.4 is 11.5 Å². The lowest BCUT2D eigenvalue weighted by atomic mass is 9.98. The zero-order valence-corrected chi connectivity index (χ0v) is 9.52. The SMILES string of the molecule is Cc1cc(C(N)c2cnccc2N)ccc1F. The quantitative estimate of drug-likeness (QED) is 0.832. The highest BCUT2D eigenvalue weighted by Crippen LogP contribution is 2.24. The Labute approximate surface area is 99.3 Å². The predicted octanol–water partition coefficient (Wildman–Crippen LogP) is 2.16. The molecule has 1 atom stereocenters. The summed E-state index contributed by atoms with van der Waals surface area (Å²) in [5.41, 5.74) is 14.7. The van der Waals surface area contributed by atoms with Crippen LogP contribution in [0.2, 0.25) is 0 Å². The molecule has 0 saturated heterocycles. The maximum atomic E-state index is 13.2. The molecule has 88 valence electrons. The van der Waals surface area contributed by atoms with Gasteiger partial charge in [-0.05, 0) is 30.2 Å². The smallest absolute Gasteiger partial charge is 0.126 e. The third-order valence-corrected chi connectivity index (χ3v) is 2.76. The van der Waals surface area contributed by atoms with Crippen molar-refractivity contribution >= 4 is 5.69 Å². The van der Waals surface area contributed by atoms with Crippen LogP contribution in [0.4, 0.5) is 10.1 Å². The highest BCUT2D eigenvalue weighted by Gasteiger charge is 2.13. The fourth-order valence-corrected chi connectivity index (χ4v) is 1.72. The Morgan fingerprint density at radius 3 is 2.71 bits per heavy atom. The monoisotopic (exact) mass is 231 g/mol. The molecular formula is C13H14FN3. The van der Waals surface area contributed by atoms with Crippen LogP contribution in [0.3, 0.4) is 0 Å². The van der Waals surface area contributed by atoms with Crippen molar-refractivity contribution in [1.29, 1.82) is 0 Å². The van der Waals surface area contributed by atoms with Crippen molar-refractivity contribution in [3.63, 3.8) is 0 Å². The summed E-state index contributed by atoms with van der Waals surface area (Å²) < 4.78 is 13.2. The van der Waals surface area contributed by atoms with E-state index >= 15 is 0 Å². The van der Waals surface area contributed by atoms with Gasteiger partial charge in [0.25, 0.3) is 0 Å². The van der Waals surface area contributed by atoms with Crippen LogP contribution in [-0.2, 0) is 0 Å². The number of hydrogen-bond donors (Lipinski definition) is 2. The summed E-state index contributed by atoms with van der Waals surface area (Å²) in [5.74, 6) is -0.236. The second kappa shape index (κ2) is 4.51. The van der Waals surface area contributed by atoms with Gasteiger partial charge in [-0.2, -0.15) is 0 Å². The van der Waals surface area contributed by atoms with Gasteiger partial charge in [0.1, 0.15) is 5.82 Å². The van der Waals surface area contributed by atoms with Crippen molar-refractivity contribution in [2.24, 2.45) is 5.73 Å². The maximum Gasteiger partial charge on any atom is 0.126 e. The molecule has 1 heterocycles. The molecule has 1 unspecified atom stereocenters. The molecule has 0 aliphatic heterocycles. The van der Waals surface area contributed by atoms with Gasteiger partial charge in [-0.1, -0.05) is 12.1 Å². The third-order valence-electron chi connectivity index (χ3n) is 2.76. The number of anilines is 1. The molecule has 4 N–H and O–H groups in total. The van der Waals surface area contributed by atoms with Gasteiger partial charge < -0.3 is 11.5 Å². The van der Waals surface area contributed by atoms with Gasteiger partial charge in [0.15, 0.2) is 0 Å². The predicted molar refractivity (Wildman–Crippen MR) is 65.8 cm³/mol. The van der Waals surface area contributed by atoms with E-state index in [0.717, 1.165) is 11.1 Å². The number of aromatic nitrogens is 1. The van der Waals surface area contributed by atoms with E-state index in [9.17, 15) is 4.39 Å². The number of nitrogen functional groups attached to an aromatic ring is 1. The molecule has 4 heteroatoms. The molecule has 2 aromatic rings. The largest absolute Gasteiger partial charge is 0.398 e. The van der Waals surface area contributed by atoms with Crippen LogP contribution in [0.1, 0.15) is 22.7 Å². The van der Waals surface area contributed by atoms with E-state index in [-0.39, 0.29) is 11.9 Å². The van der Waals surface area contributed by atoms with Crippen molar-refractivity contribution < 1.29 is 4.39 Å². The van der Waals surface area contributed by atoms with Crippen molar-refractivity contribution in [2.45, 2.75) is 13.0 Å². The van der Waals surface area contributed by atoms with Crippen LogP contribution in [0.5, 0.6) is 0 Å². The Morgan fingerprint density at radius 1 is 1.29 bits per heavy atom. The summed E-state index contributed by atoms with van der Waals surface area (Å²) in [7, 11) is 0. The van der Waals surface area contributed by atoms with Crippen LogP contribution in [0.15, 0.2) is 36.7 Å². The minimum Gasteiger partial charge on any atom is -0.398 e. The number of rotatable bonds is 2. The Hall–Kier alpha value is -1.94. The van der Waals surface area contributed by atoms with E-state index in [1.807, 2.05) is 0 Å². The molecule has 0 aliphatic carbocycles. The van der Waals surface area contributed by atoms with E-state index in [1.165, 1.54) is 6.07 Å². The fourth-order valence-electron chi connectivity index (χ4n) is 1.72. The Kier molecular flexibility index (Phi) is 3.06. The first-order chi connectivity index (χ1) is 8.09. The summed E-state index contributed by atoms with van der Waals surface area (Å²) in [6.07, 6.45) is 3.25. The molecule has 3 nitrogen and oxygen atoms in total. The van der Waals surface area contributed by atoms with Crippen molar-refractivity contribution in [1.82, 2.24) is 4.98 Å². The number of pyridine rings is 1. The molecule has 1 aromatic carbocycles. The standard InChI is InChI=1S/C13H14FN3/c1-8-6-9(2-3-11(8)14)13(16)10-7-17-5-4-12(10)15/h2-7,13H,16H2,1H3,(H2,15,17). The lowest BCUT2D eigenvalue weighted by molar-refractivity contribution is 0.617. The third kappa shape index (κ3) is 2.26. The second-order valence-corrected chi connectivity index (χ2v) is 3.99. The lowest BCUT2D eigenvalue weighted by Crippen LogP contribution is -2.14. The molecule has 0 fully saturated rings. The second-order valence-electron chi connectivity index (χ2n) is 3.99. The van der Waals surface area contributed by atoms with E-state index in [2.05, 4.69) is 4.98 Å². The average Bonchev–Trinajstić information content (AvgIpc) is 2.32. The van der Waals surface area contributed by atoms with Crippen LogP contribution in [-0.4, -0.2) is 4.98 Å². The topological polar surface area (TPSA) is 64.9 Å². The first kappa shape index (κ1) is 11.5. The van der Waals surface area contributed by atoms with Crippen molar-refractivity contribution in [2.75, 3.05) is 5.73 Å². The summed E-state index contributed by atoms with van der Waals surface area (Å²) in [4.78, 5) is 4.00. The Morgan fingerprint density at radius 2 is 2.06 bits per heavy atom. The molecule has 0 saturated carbocycles. The Bertz CT molecular complexity index is 540. The van der Waals surface area contributed by atoms with Gasteiger partial charge in [-0.25, -0.2) is 4.39 Å². The number of nitrogens with zero attached hydrogens (tertiary/aromatic N) is 1. The average molecular weight is 231 g/mol. The molecule has 2 rings (SSSR count). The molecule has 0 bridgehead atoms. The summed E-state index contributed by atoms with van der Waals surface area (Å²) in [5, 5.41) is 0. The van der Waals surface area contributed by atoms with E-state index in [4.69, 9.17) is 11.5 Å². The van der Waals surface area contributed by atoms with Gasteiger partial charge in [0, 0.05) is 23.6 Å². The first-order valence-electron chi connectivity index (χ1n) is 5.30. The Balaban J connectivity index is 2.40. The van der Waals surface area contributed by atoms with Crippen molar-refractivity contribution in [3.05, 3.63) is 59.2 Å². The number of benzene rings is 1. The number of halogens is 1. The molecule has 1 aromatic heterocycles. The van der Waals surface area contributed by atoms with Gasteiger partial charge in [-0.3, -0.25) is 4.98 Å². The number of hydrogen-bond acceptors (Lipinski definition) is 3.